The van der Waals surface area contributed by atoms with Crippen molar-refractivity contribution < 1.29 is 14.3 Å². The number of rotatable bonds is 8. The summed E-state index contributed by atoms with van der Waals surface area (Å²) in [7, 11) is 3.76. The van der Waals surface area contributed by atoms with Crippen molar-refractivity contribution in [2.24, 2.45) is 14.1 Å². The van der Waals surface area contributed by atoms with E-state index in [9.17, 15) is 4.79 Å². The Kier molecular flexibility index (Phi) is 7.32. The zero-order valence-electron chi connectivity index (χ0n) is 19.1. The molecule has 10 heteroatoms. The lowest BCUT2D eigenvalue weighted by molar-refractivity contribution is -0.119. The molecule has 1 aliphatic heterocycles. The number of carbonyl (C=O) groups is 1. The van der Waals surface area contributed by atoms with E-state index in [0.29, 0.717) is 37.9 Å². The van der Waals surface area contributed by atoms with E-state index in [1.165, 1.54) is 0 Å². The van der Waals surface area contributed by atoms with Crippen molar-refractivity contribution in [1.29, 1.82) is 0 Å². The van der Waals surface area contributed by atoms with E-state index in [0.717, 1.165) is 34.9 Å². The van der Waals surface area contributed by atoms with Gasteiger partial charge in [-0.05, 0) is 37.3 Å². The highest BCUT2D eigenvalue weighted by molar-refractivity contribution is 6.30. The molecular formula is C23H29ClN6O3. The Morgan fingerprint density at radius 3 is 2.79 bits per heavy atom. The van der Waals surface area contributed by atoms with Crippen LogP contribution in [-0.2, 0) is 30.0 Å². The number of benzene rings is 1. The third kappa shape index (κ3) is 6.13. The predicted molar refractivity (Wildman–Crippen MR) is 126 cm³/mol. The predicted octanol–water partition coefficient (Wildman–Crippen LogP) is 2.75. The van der Waals surface area contributed by atoms with E-state index in [4.69, 9.17) is 21.1 Å². The van der Waals surface area contributed by atoms with Crippen LogP contribution in [0.1, 0.15) is 23.2 Å². The number of aromatic nitrogens is 4. The summed E-state index contributed by atoms with van der Waals surface area (Å²) < 4.78 is 15.3. The molecule has 1 saturated heterocycles. The quantitative estimate of drug-likeness (QED) is 0.542. The van der Waals surface area contributed by atoms with Gasteiger partial charge in [0, 0.05) is 50.5 Å². The summed E-state index contributed by atoms with van der Waals surface area (Å²) >= 11 is 5.91. The Bertz CT molecular complexity index is 1090. The smallest absolute Gasteiger partial charge is 0.238 e. The minimum absolute atomic E-state index is 0.0622. The molecule has 0 bridgehead atoms. The number of amides is 1. The molecule has 1 amide bonds. The van der Waals surface area contributed by atoms with E-state index in [2.05, 4.69) is 26.5 Å². The molecule has 0 saturated carbocycles. The minimum Gasteiger partial charge on any atom is -0.493 e. The van der Waals surface area contributed by atoms with Gasteiger partial charge in [0.15, 0.2) is 0 Å². The Balaban J connectivity index is 1.30. The molecule has 1 aliphatic rings. The number of nitrogens with zero attached hydrogens (tertiary/aromatic N) is 5. The SMILES string of the molecule is Cc1nn(C)cc1NC(=O)CN1CCO[C@@H](c2cc(CCOc3ccc(Cl)cc3)n(C)n2)C1. The second kappa shape index (κ2) is 10.4. The number of hydrogen-bond acceptors (Lipinski definition) is 6. The number of halogens is 1. The summed E-state index contributed by atoms with van der Waals surface area (Å²) in [6.07, 6.45) is 2.35. The summed E-state index contributed by atoms with van der Waals surface area (Å²) in [5.74, 6) is 0.723. The van der Waals surface area contributed by atoms with Crippen LogP contribution in [0.3, 0.4) is 0 Å². The highest BCUT2D eigenvalue weighted by atomic mass is 35.5. The number of ether oxygens (including phenoxy) is 2. The van der Waals surface area contributed by atoms with Gasteiger partial charge in [-0.25, -0.2) is 0 Å². The standard InChI is InChI=1S/C23H29ClN6O3/c1-16-21(13-28(2)26-16)25-23(31)15-30-9-11-33-22(14-30)20-12-18(29(3)27-20)8-10-32-19-6-4-17(24)5-7-19/h4-7,12-13,22H,8-11,14-15H2,1-3H3,(H,25,31)/t22-/m1/s1. The molecule has 2 aromatic heterocycles. The van der Waals surface area contributed by atoms with Crippen molar-refractivity contribution in [1.82, 2.24) is 24.5 Å². The number of morpholine rings is 1. The lowest BCUT2D eigenvalue weighted by Crippen LogP contribution is -2.42. The van der Waals surface area contributed by atoms with Gasteiger partial charge in [0.2, 0.25) is 5.91 Å². The molecule has 1 N–H and O–H groups in total. The van der Waals surface area contributed by atoms with E-state index in [1.54, 1.807) is 10.9 Å². The van der Waals surface area contributed by atoms with Crippen molar-refractivity contribution in [3.05, 3.63) is 58.6 Å². The zero-order valence-corrected chi connectivity index (χ0v) is 19.9. The molecule has 3 heterocycles. The Labute approximate surface area is 198 Å². The van der Waals surface area contributed by atoms with E-state index >= 15 is 0 Å². The molecule has 1 fully saturated rings. The van der Waals surface area contributed by atoms with Gasteiger partial charge in [0.1, 0.15) is 11.9 Å². The van der Waals surface area contributed by atoms with Crippen LogP contribution in [0.2, 0.25) is 5.02 Å². The maximum Gasteiger partial charge on any atom is 0.238 e. The Hall–Kier alpha value is -2.88. The van der Waals surface area contributed by atoms with E-state index < -0.39 is 0 Å². The molecule has 0 radical (unpaired) electrons. The number of nitrogens with one attached hydrogen (secondary N) is 1. The monoisotopic (exact) mass is 472 g/mol. The molecule has 0 unspecified atom stereocenters. The summed E-state index contributed by atoms with van der Waals surface area (Å²) in [5.41, 5.74) is 3.46. The molecular weight excluding hydrogens is 444 g/mol. The van der Waals surface area contributed by atoms with Crippen LogP contribution in [0.4, 0.5) is 5.69 Å². The van der Waals surface area contributed by atoms with Crippen molar-refractivity contribution in [3.8, 4) is 5.75 Å². The number of anilines is 1. The Morgan fingerprint density at radius 2 is 2.06 bits per heavy atom. The first kappa shape index (κ1) is 23.3. The first-order chi connectivity index (χ1) is 15.9. The van der Waals surface area contributed by atoms with Gasteiger partial charge < -0.3 is 14.8 Å². The van der Waals surface area contributed by atoms with Crippen LogP contribution >= 0.6 is 11.6 Å². The molecule has 33 heavy (non-hydrogen) atoms. The molecule has 176 valence electrons. The van der Waals surface area contributed by atoms with E-state index in [1.807, 2.05) is 50.0 Å². The summed E-state index contributed by atoms with van der Waals surface area (Å²) in [6, 6.07) is 9.38. The van der Waals surface area contributed by atoms with Gasteiger partial charge in [0.05, 0.1) is 36.8 Å². The van der Waals surface area contributed by atoms with Crippen LogP contribution in [0.25, 0.3) is 0 Å². The second-order valence-electron chi connectivity index (χ2n) is 8.18. The number of aryl methyl sites for hydroxylation is 3. The zero-order chi connectivity index (χ0) is 23.4. The van der Waals surface area contributed by atoms with Gasteiger partial charge >= 0.3 is 0 Å². The fourth-order valence-corrected chi connectivity index (χ4v) is 3.99. The molecule has 4 rings (SSSR count). The van der Waals surface area contributed by atoms with Gasteiger partial charge in [-0.1, -0.05) is 11.6 Å². The molecule has 0 aliphatic carbocycles. The largest absolute Gasteiger partial charge is 0.493 e. The molecule has 1 atom stereocenters. The van der Waals surface area contributed by atoms with Crippen molar-refractivity contribution in [2.75, 3.05) is 38.2 Å². The van der Waals surface area contributed by atoms with Gasteiger partial charge in [-0.2, -0.15) is 10.2 Å². The lowest BCUT2D eigenvalue weighted by Gasteiger charge is -2.31. The topological polar surface area (TPSA) is 86.4 Å². The normalized spacial score (nSPS) is 16.7. The van der Waals surface area contributed by atoms with Crippen LogP contribution in [0.5, 0.6) is 5.75 Å². The molecule has 0 spiro atoms. The van der Waals surface area contributed by atoms with Gasteiger partial charge in [-0.3, -0.25) is 19.1 Å². The van der Waals surface area contributed by atoms with Crippen LogP contribution in [0, 0.1) is 6.92 Å². The summed E-state index contributed by atoms with van der Waals surface area (Å²) in [4.78, 5) is 14.6. The minimum atomic E-state index is -0.177. The fourth-order valence-electron chi connectivity index (χ4n) is 3.87. The third-order valence-corrected chi connectivity index (χ3v) is 5.82. The van der Waals surface area contributed by atoms with Gasteiger partial charge in [0.25, 0.3) is 0 Å². The maximum atomic E-state index is 12.5. The highest BCUT2D eigenvalue weighted by Gasteiger charge is 2.26. The van der Waals surface area contributed by atoms with Crippen LogP contribution in [-0.4, -0.2) is 63.2 Å². The van der Waals surface area contributed by atoms with Crippen molar-refractivity contribution >= 4 is 23.2 Å². The second-order valence-corrected chi connectivity index (χ2v) is 8.62. The fraction of sp³-hybridized carbons (Fsp3) is 0.435. The number of carbonyl (C=O) groups excluding carboxylic acids is 1. The molecule has 9 nitrogen and oxygen atoms in total. The first-order valence-electron chi connectivity index (χ1n) is 10.9. The average molecular weight is 473 g/mol. The molecule has 3 aromatic rings. The maximum absolute atomic E-state index is 12.5. The van der Waals surface area contributed by atoms with Crippen molar-refractivity contribution in [2.45, 2.75) is 19.4 Å². The van der Waals surface area contributed by atoms with Crippen LogP contribution < -0.4 is 10.1 Å². The molecule has 1 aromatic carbocycles. The highest BCUT2D eigenvalue weighted by Crippen LogP contribution is 2.23. The van der Waals surface area contributed by atoms with Crippen molar-refractivity contribution in [3.63, 3.8) is 0 Å². The lowest BCUT2D eigenvalue weighted by atomic mass is 10.2. The Morgan fingerprint density at radius 1 is 1.27 bits per heavy atom. The van der Waals surface area contributed by atoms with Crippen LogP contribution in [0.15, 0.2) is 36.5 Å². The summed E-state index contributed by atoms with van der Waals surface area (Å²) in [6.45, 7) is 4.56. The summed E-state index contributed by atoms with van der Waals surface area (Å²) in [5, 5.41) is 12.5. The first-order valence-corrected chi connectivity index (χ1v) is 11.3. The van der Waals surface area contributed by atoms with E-state index in [-0.39, 0.29) is 12.0 Å². The van der Waals surface area contributed by atoms with Gasteiger partial charge in [-0.15, -0.1) is 0 Å². The third-order valence-electron chi connectivity index (χ3n) is 5.57. The average Bonchev–Trinajstić information content (AvgIpc) is 3.30. The number of hydrogen-bond donors (Lipinski definition) is 1.